The third-order valence-corrected chi connectivity index (χ3v) is 1.87. The average Bonchev–Trinajstić information content (AvgIpc) is 2.14. The van der Waals surface area contributed by atoms with Gasteiger partial charge in [-0.2, -0.15) is 0 Å². The van der Waals surface area contributed by atoms with Gasteiger partial charge in [0.2, 0.25) is 0 Å². The molecule has 0 aliphatic carbocycles. The molecule has 1 unspecified atom stereocenters. The van der Waals surface area contributed by atoms with Crippen LogP contribution in [0.5, 0.6) is 0 Å². The first-order valence-electron chi connectivity index (χ1n) is 5.11. The zero-order chi connectivity index (χ0) is 11.7. The zero-order valence-corrected chi connectivity index (χ0v) is 8.94. The molecule has 0 radical (unpaired) electrons. The fourth-order valence-corrected chi connectivity index (χ4v) is 1.05. The van der Waals surface area contributed by atoms with Crippen LogP contribution in [0, 0.1) is 0 Å². The Balaban J connectivity index is 3.50. The van der Waals surface area contributed by atoms with E-state index in [2.05, 4.69) is 4.74 Å². The zero-order valence-electron chi connectivity index (χ0n) is 8.94. The number of unbranched alkanes of at least 4 members (excludes halogenated alkanes) is 1. The molecule has 15 heavy (non-hydrogen) atoms. The molecule has 0 aliphatic heterocycles. The van der Waals surface area contributed by atoms with Gasteiger partial charge >= 0.3 is 11.9 Å². The number of carboxylic acid groups (broad SMARTS) is 1. The van der Waals surface area contributed by atoms with Gasteiger partial charge in [-0.25, -0.2) is 0 Å². The number of esters is 1. The summed E-state index contributed by atoms with van der Waals surface area (Å²) in [6.07, 6.45) is 1.47. The quantitative estimate of drug-likeness (QED) is 0.592. The van der Waals surface area contributed by atoms with Crippen LogP contribution in [-0.2, 0) is 14.3 Å². The number of ether oxygens (including phenoxy) is 1. The molecule has 0 aromatic heterocycles. The highest BCUT2D eigenvalue weighted by atomic mass is 16.5. The maximum absolute atomic E-state index is 11.0. The lowest BCUT2D eigenvalue weighted by Gasteiger charge is -2.08. The number of aliphatic carboxylic acids is 1. The average molecular weight is 218 g/mol. The largest absolute Gasteiger partial charge is 0.481 e. The normalized spacial score (nSPS) is 12.1. The first kappa shape index (κ1) is 13.9. The molecular formula is C10H18O5. The topological polar surface area (TPSA) is 83.8 Å². The van der Waals surface area contributed by atoms with E-state index in [1.165, 1.54) is 0 Å². The SMILES string of the molecule is CCCCC(O)CC(=O)OCCC(=O)O. The number of carbonyl (C=O) groups excluding carboxylic acids is 1. The van der Waals surface area contributed by atoms with Crippen LogP contribution in [0.1, 0.15) is 39.0 Å². The van der Waals surface area contributed by atoms with Gasteiger partial charge in [-0.05, 0) is 6.42 Å². The van der Waals surface area contributed by atoms with Crippen molar-refractivity contribution in [2.75, 3.05) is 6.61 Å². The van der Waals surface area contributed by atoms with Gasteiger partial charge in [-0.3, -0.25) is 9.59 Å². The lowest BCUT2D eigenvalue weighted by atomic mass is 10.1. The Hall–Kier alpha value is -1.10. The second-order valence-electron chi connectivity index (χ2n) is 3.36. The van der Waals surface area contributed by atoms with Crippen molar-refractivity contribution in [3.05, 3.63) is 0 Å². The molecule has 0 amide bonds. The summed E-state index contributed by atoms with van der Waals surface area (Å²) in [6, 6.07) is 0. The predicted octanol–water partition coefficient (Wildman–Crippen LogP) is 0.946. The molecule has 0 saturated heterocycles. The van der Waals surface area contributed by atoms with Gasteiger partial charge in [0.25, 0.3) is 0 Å². The summed E-state index contributed by atoms with van der Waals surface area (Å²) in [5.41, 5.74) is 0. The van der Waals surface area contributed by atoms with Crippen LogP contribution < -0.4 is 0 Å². The number of hydrogen-bond acceptors (Lipinski definition) is 4. The van der Waals surface area contributed by atoms with Gasteiger partial charge in [0.15, 0.2) is 0 Å². The van der Waals surface area contributed by atoms with Crippen molar-refractivity contribution < 1.29 is 24.5 Å². The van der Waals surface area contributed by atoms with Gasteiger partial charge in [0.1, 0.15) is 6.61 Å². The Labute approximate surface area is 89.0 Å². The molecule has 1 atom stereocenters. The minimum absolute atomic E-state index is 0.0559. The van der Waals surface area contributed by atoms with Crippen molar-refractivity contribution in [3.8, 4) is 0 Å². The van der Waals surface area contributed by atoms with Crippen molar-refractivity contribution in [1.82, 2.24) is 0 Å². The molecule has 0 aromatic rings. The third-order valence-electron chi connectivity index (χ3n) is 1.87. The van der Waals surface area contributed by atoms with Gasteiger partial charge in [-0.15, -0.1) is 0 Å². The second kappa shape index (κ2) is 8.23. The van der Waals surface area contributed by atoms with Gasteiger partial charge in [-0.1, -0.05) is 19.8 Å². The van der Waals surface area contributed by atoms with Crippen molar-refractivity contribution >= 4 is 11.9 Å². The predicted molar refractivity (Wildman–Crippen MR) is 53.4 cm³/mol. The van der Waals surface area contributed by atoms with Gasteiger partial charge in [0.05, 0.1) is 18.9 Å². The van der Waals surface area contributed by atoms with Crippen molar-refractivity contribution in [2.45, 2.75) is 45.1 Å². The van der Waals surface area contributed by atoms with Crippen LogP contribution in [0.4, 0.5) is 0 Å². The molecule has 0 aromatic carbocycles. The summed E-state index contributed by atoms with van der Waals surface area (Å²) < 4.78 is 4.62. The van der Waals surface area contributed by atoms with Crippen LogP contribution in [0.15, 0.2) is 0 Å². The smallest absolute Gasteiger partial charge is 0.308 e. The Morgan fingerprint density at radius 2 is 2.07 bits per heavy atom. The highest BCUT2D eigenvalue weighted by Crippen LogP contribution is 2.05. The van der Waals surface area contributed by atoms with E-state index in [4.69, 9.17) is 5.11 Å². The molecule has 5 heteroatoms. The second-order valence-corrected chi connectivity index (χ2v) is 3.36. The standard InChI is InChI=1S/C10H18O5/c1-2-3-4-8(11)7-10(14)15-6-5-9(12)13/h8,11H,2-7H2,1H3,(H,12,13). The van der Waals surface area contributed by atoms with E-state index in [1.807, 2.05) is 6.92 Å². The number of aliphatic hydroxyl groups is 1. The van der Waals surface area contributed by atoms with E-state index in [9.17, 15) is 14.7 Å². The van der Waals surface area contributed by atoms with Crippen molar-refractivity contribution in [1.29, 1.82) is 0 Å². The summed E-state index contributed by atoms with van der Waals surface area (Å²) in [7, 11) is 0. The fraction of sp³-hybridized carbons (Fsp3) is 0.800. The van der Waals surface area contributed by atoms with E-state index in [-0.39, 0.29) is 19.4 Å². The summed E-state index contributed by atoms with van der Waals surface area (Å²) >= 11 is 0. The van der Waals surface area contributed by atoms with Crippen LogP contribution in [-0.4, -0.2) is 34.9 Å². The van der Waals surface area contributed by atoms with Crippen LogP contribution in [0.25, 0.3) is 0 Å². The van der Waals surface area contributed by atoms with E-state index >= 15 is 0 Å². The molecule has 0 fully saturated rings. The van der Waals surface area contributed by atoms with E-state index in [0.29, 0.717) is 6.42 Å². The molecule has 0 rings (SSSR count). The molecule has 5 nitrogen and oxygen atoms in total. The molecular weight excluding hydrogens is 200 g/mol. The fourth-order valence-electron chi connectivity index (χ4n) is 1.05. The lowest BCUT2D eigenvalue weighted by Crippen LogP contribution is -2.17. The Kier molecular flexibility index (Phi) is 7.62. The van der Waals surface area contributed by atoms with E-state index in [1.54, 1.807) is 0 Å². The Morgan fingerprint density at radius 1 is 1.40 bits per heavy atom. The van der Waals surface area contributed by atoms with Crippen LogP contribution in [0.2, 0.25) is 0 Å². The third kappa shape index (κ3) is 9.21. The van der Waals surface area contributed by atoms with Gasteiger partial charge < -0.3 is 14.9 Å². The van der Waals surface area contributed by atoms with E-state index < -0.39 is 18.0 Å². The molecule has 0 heterocycles. The highest BCUT2D eigenvalue weighted by molar-refractivity contribution is 5.71. The molecule has 0 aliphatic rings. The maximum atomic E-state index is 11.0. The molecule has 0 saturated carbocycles. The van der Waals surface area contributed by atoms with Crippen LogP contribution in [0.3, 0.4) is 0 Å². The van der Waals surface area contributed by atoms with E-state index in [0.717, 1.165) is 12.8 Å². The van der Waals surface area contributed by atoms with Crippen molar-refractivity contribution in [2.24, 2.45) is 0 Å². The molecule has 0 spiro atoms. The number of hydrogen-bond donors (Lipinski definition) is 2. The number of carbonyl (C=O) groups is 2. The maximum Gasteiger partial charge on any atom is 0.308 e. The molecule has 0 bridgehead atoms. The monoisotopic (exact) mass is 218 g/mol. The number of rotatable bonds is 8. The number of carboxylic acids is 1. The minimum Gasteiger partial charge on any atom is -0.481 e. The van der Waals surface area contributed by atoms with Crippen LogP contribution >= 0.6 is 0 Å². The van der Waals surface area contributed by atoms with Gasteiger partial charge in [0, 0.05) is 0 Å². The molecule has 2 N–H and O–H groups in total. The summed E-state index contributed by atoms with van der Waals surface area (Å²) in [6.45, 7) is 1.87. The molecule has 88 valence electrons. The Morgan fingerprint density at radius 3 is 2.60 bits per heavy atom. The first-order chi connectivity index (χ1) is 7.06. The summed E-state index contributed by atoms with van der Waals surface area (Å²) in [5, 5.41) is 17.6. The lowest BCUT2D eigenvalue weighted by molar-refractivity contribution is -0.148. The number of aliphatic hydroxyl groups excluding tert-OH is 1. The minimum atomic E-state index is -1.01. The highest BCUT2D eigenvalue weighted by Gasteiger charge is 2.11. The summed E-state index contributed by atoms with van der Waals surface area (Å²) in [5.74, 6) is -1.55. The van der Waals surface area contributed by atoms with Crippen molar-refractivity contribution in [3.63, 3.8) is 0 Å². The first-order valence-corrected chi connectivity index (χ1v) is 5.11. The summed E-state index contributed by atoms with van der Waals surface area (Å²) in [4.78, 5) is 21.1. The Bertz CT molecular complexity index is 202.